The molecule has 1 rings (SSSR count). The van der Waals surface area contributed by atoms with Crippen LogP contribution < -0.4 is 16.8 Å². The number of amides is 2. The minimum absolute atomic E-state index is 0.0390. The summed E-state index contributed by atoms with van der Waals surface area (Å²) in [6, 6.07) is 3.71. The van der Waals surface area contributed by atoms with Crippen molar-refractivity contribution in [2.45, 2.75) is 12.6 Å². The molecule has 0 saturated carbocycles. The van der Waals surface area contributed by atoms with Crippen molar-refractivity contribution in [3.63, 3.8) is 0 Å². The standard InChI is InChI=1S/C11H14FN3O3/c12-8-2-1-6(10(13)17)3-7(8)4-15-5-9(16)11(14)18/h1-3,9,15-16H,4-5H2,(H2,13,17)(H2,14,18). The van der Waals surface area contributed by atoms with Gasteiger partial charge in [0.05, 0.1) is 0 Å². The summed E-state index contributed by atoms with van der Waals surface area (Å²) in [5, 5.41) is 11.8. The summed E-state index contributed by atoms with van der Waals surface area (Å²) in [5.74, 6) is -2.04. The lowest BCUT2D eigenvalue weighted by Gasteiger charge is -2.09. The third-order valence-corrected chi connectivity index (χ3v) is 2.31. The smallest absolute Gasteiger partial charge is 0.248 e. The van der Waals surface area contributed by atoms with Crippen LogP contribution in [-0.4, -0.2) is 29.6 Å². The Morgan fingerprint density at radius 3 is 2.61 bits per heavy atom. The largest absolute Gasteiger partial charge is 0.382 e. The maximum atomic E-state index is 13.4. The van der Waals surface area contributed by atoms with Gasteiger partial charge in [-0.25, -0.2) is 4.39 Å². The summed E-state index contributed by atoms with van der Waals surface area (Å²) in [6.07, 6.45) is -1.34. The Balaban J connectivity index is 2.64. The second-order valence-corrected chi connectivity index (χ2v) is 3.72. The van der Waals surface area contributed by atoms with Crippen molar-refractivity contribution < 1.29 is 19.1 Å². The van der Waals surface area contributed by atoms with E-state index in [1.165, 1.54) is 12.1 Å². The third kappa shape index (κ3) is 3.79. The SMILES string of the molecule is NC(=O)c1ccc(F)c(CNCC(O)C(N)=O)c1. The number of benzene rings is 1. The molecule has 6 nitrogen and oxygen atoms in total. The number of aliphatic hydroxyl groups excluding tert-OH is 1. The van der Waals surface area contributed by atoms with E-state index in [2.05, 4.69) is 5.32 Å². The fourth-order valence-electron chi connectivity index (χ4n) is 1.31. The van der Waals surface area contributed by atoms with Gasteiger partial charge in [-0.3, -0.25) is 9.59 Å². The van der Waals surface area contributed by atoms with Gasteiger partial charge in [0, 0.05) is 24.2 Å². The van der Waals surface area contributed by atoms with Crippen molar-refractivity contribution in [1.29, 1.82) is 0 Å². The van der Waals surface area contributed by atoms with Gasteiger partial charge in [0.25, 0.3) is 0 Å². The van der Waals surface area contributed by atoms with Crippen molar-refractivity contribution in [3.8, 4) is 0 Å². The molecule has 0 radical (unpaired) electrons. The average Bonchev–Trinajstić information content (AvgIpc) is 2.30. The molecular formula is C11H14FN3O3. The number of hydrogen-bond acceptors (Lipinski definition) is 4. The van der Waals surface area contributed by atoms with Crippen LogP contribution in [0.25, 0.3) is 0 Å². The van der Waals surface area contributed by atoms with Gasteiger partial charge in [-0.2, -0.15) is 0 Å². The average molecular weight is 255 g/mol. The number of carbonyl (C=O) groups excluding carboxylic acids is 2. The Kier molecular flexibility index (Phi) is 4.75. The first-order valence-electron chi connectivity index (χ1n) is 5.18. The lowest BCUT2D eigenvalue weighted by Crippen LogP contribution is -2.37. The highest BCUT2D eigenvalue weighted by atomic mass is 19.1. The number of carbonyl (C=O) groups is 2. The molecule has 0 aliphatic heterocycles. The van der Waals surface area contributed by atoms with Crippen LogP contribution in [0.15, 0.2) is 18.2 Å². The van der Waals surface area contributed by atoms with Crippen LogP contribution in [-0.2, 0) is 11.3 Å². The van der Waals surface area contributed by atoms with Gasteiger partial charge >= 0.3 is 0 Å². The third-order valence-electron chi connectivity index (χ3n) is 2.31. The van der Waals surface area contributed by atoms with Gasteiger partial charge in [0.15, 0.2) is 0 Å². The molecule has 7 heteroatoms. The van der Waals surface area contributed by atoms with E-state index in [-0.39, 0.29) is 24.2 Å². The highest BCUT2D eigenvalue weighted by Gasteiger charge is 2.11. The predicted octanol–water partition coefficient (Wildman–Crippen LogP) is -1.14. The zero-order chi connectivity index (χ0) is 13.7. The first kappa shape index (κ1) is 14.1. The van der Waals surface area contributed by atoms with E-state index in [0.717, 1.165) is 6.07 Å². The van der Waals surface area contributed by atoms with Crippen LogP contribution in [0.2, 0.25) is 0 Å². The maximum Gasteiger partial charge on any atom is 0.248 e. The normalized spacial score (nSPS) is 12.1. The number of hydrogen-bond donors (Lipinski definition) is 4. The molecule has 1 atom stereocenters. The first-order chi connectivity index (χ1) is 8.41. The molecule has 1 unspecified atom stereocenters. The molecule has 0 aromatic heterocycles. The van der Waals surface area contributed by atoms with Gasteiger partial charge in [-0.15, -0.1) is 0 Å². The maximum absolute atomic E-state index is 13.4. The van der Waals surface area contributed by atoms with Crippen LogP contribution in [0.3, 0.4) is 0 Å². The number of rotatable bonds is 6. The lowest BCUT2D eigenvalue weighted by molar-refractivity contribution is -0.125. The molecule has 0 fully saturated rings. The molecule has 18 heavy (non-hydrogen) atoms. The van der Waals surface area contributed by atoms with E-state index >= 15 is 0 Å². The van der Waals surface area contributed by atoms with Crippen LogP contribution >= 0.6 is 0 Å². The summed E-state index contributed by atoms with van der Waals surface area (Å²) in [6.45, 7) is -0.0626. The molecule has 0 saturated heterocycles. The molecule has 0 aliphatic carbocycles. The highest BCUT2D eigenvalue weighted by molar-refractivity contribution is 5.92. The van der Waals surface area contributed by atoms with Gasteiger partial charge in [-0.1, -0.05) is 0 Å². The van der Waals surface area contributed by atoms with E-state index < -0.39 is 23.7 Å². The molecule has 0 heterocycles. The Bertz CT molecular complexity index is 465. The fourth-order valence-corrected chi connectivity index (χ4v) is 1.31. The second kappa shape index (κ2) is 6.08. The topological polar surface area (TPSA) is 118 Å². The number of nitrogens with one attached hydrogen (secondary N) is 1. The Morgan fingerprint density at radius 2 is 2.06 bits per heavy atom. The van der Waals surface area contributed by atoms with Crippen molar-refractivity contribution in [1.82, 2.24) is 5.32 Å². The lowest BCUT2D eigenvalue weighted by atomic mass is 10.1. The first-order valence-corrected chi connectivity index (χ1v) is 5.18. The second-order valence-electron chi connectivity index (χ2n) is 3.72. The molecule has 2 amide bonds. The molecule has 0 spiro atoms. The summed E-state index contributed by atoms with van der Waals surface area (Å²) >= 11 is 0. The van der Waals surface area contributed by atoms with Gasteiger partial charge < -0.3 is 21.9 Å². The van der Waals surface area contributed by atoms with Gasteiger partial charge in [0.2, 0.25) is 11.8 Å². The molecule has 6 N–H and O–H groups in total. The van der Waals surface area contributed by atoms with E-state index in [9.17, 15) is 14.0 Å². The summed E-state index contributed by atoms with van der Waals surface area (Å²) in [5.41, 5.74) is 10.3. The summed E-state index contributed by atoms with van der Waals surface area (Å²) < 4.78 is 13.4. The molecule has 0 bridgehead atoms. The molecule has 1 aromatic carbocycles. The minimum atomic E-state index is -1.34. The quantitative estimate of drug-likeness (QED) is 0.513. The van der Waals surface area contributed by atoms with E-state index in [0.29, 0.717) is 0 Å². The molecule has 1 aromatic rings. The van der Waals surface area contributed by atoms with Crippen LogP contribution in [0.4, 0.5) is 4.39 Å². The van der Waals surface area contributed by atoms with Crippen molar-refractivity contribution >= 4 is 11.8 Å². The zero-order valence-corrected chi connectivity index (χ0v) is 9.52. The number of nitrogens with two attached hydrogens (primary N) is 2. The Labute approximate surface area is 103 Å². The van der Waals surface area contributed by atoms with Gasteiger partial charge in [-0.05, 0) is 18.2 Å². The van der Waals surface area contributed by atoms with Crippen molar-refractivity contribution in [2.75, 3.05) is 6.54 Å². The summed E-state index contributed by atoms with van der Waals surface area (Å²) in [4.78, 5) is 21.5. The van der Waals surface area contributed by atoms with Crippen LogP contribution in [0, 0.1) is 5.82 Å². The number of halogens is 1. The predicted molar refractivity (Wildman–Crippen MR) is 61.8 cm³/mol. The van der Waals surface area contributed by atoms with Gasteiger partial charge in [0.1, 0.15) is 11.9 Å². The summed E-state index contributed by atoms with van der Waals surface area (Å²) in [7, 11) is 0. The fraction of sp³-hybridized carbons (Fsp3) is 0.273. The van der Waals surface area contributed by atoms with Crippen LogP contribution in [0.1, 0.15) is 15.9 Å². The Hall–Kier alpha value is -1.99. The van der Waals surface area contributed by atoms with E-state index in [1.54, 1.807) is 0 Å². The van der Waals surface area contributed by atoms with Crippen molar-refractivity contribution in [2.24, 2.45) is 11.5 Å². The Morgan fingerprint density at radius 1 is 1.39 bits per heavy atom. The van der Waals surface area contributed by atoms with E-state index in [1.807, 2.05) is 0 Å². The molecular weight excluding hydrogens is 241 g/mol. The molecule has 0 aliphatic rings. The van der Waals surface area contributed by atoms with E-state index in [4.69, 9.17) is 16.6 Å². The monoisotopic (exact) mass is 255 g/mol. The molecule has 98 valence electrons. The highest BCUT2D eigenvalue weighted by Crippen LogP contribution is 2.10. The minimum Gasteiger partial charge on any atom is -0.382 e. The van der Waals surface area contributed by atoms with Crippen molar-refractivity contribution in [3.05, 3.63) is 35.1 Å². The number of aliphatic hydroxyl groups is 1. The van der Waals surface area contributed by atoms with Crippen LogP contribution in [0.5, 0.6) is 0 Å². The zero-order valence-electron chi connectivity index (χ0n) is 9.52. The number of primary amides is 2.